The number of rotatable bonds is 6. The Morgan fingerprint density at radius 1 is 0.929 bits per heavy atom. The fourth-order valence-corrected chi connectivity index (χ4v) is 4.51. The Morgan fingerprint density at radius 3 is 2.46 bits per heavy atom. The van der Waals surface area contributed by atoms with Crippen LogP contribution in [0, 0.1) is 0 Å². The maximum atomic E-state index is 13.0. The number of para-hydroxylation sites is 1. The van der Waals surface area contributed by atoms with Crippen LogP contribution in [-0.2, 0) is 10.0 Å². The van der Waals surface area contributed by atoms with Crippen LogP contribution in [0.25, 0.3) is 10.9 Å². The first-order valence-corrected chi connectivity index (χ1v) is 10.3. The van der Waals surface area contributed by atoms with Gasteiger partial charge in [0.2, 0.25) is 10.0 Å². The summed E-state index contributed by atoms with van der Waals surface area (Å²) >= 11 is 0. The highest BCUT2D eigenvalue weighted by Gasteiger charge is 2.25. The summed E-state index contributed by atoms with van der Waals surface area (Å²) in [5.74, 6) is 0.668. The molecule has 2 N–H and O–H groups in total. The van der Waals surface area contributed by atoms with Gasteiger partial charge >= 0.3 is 0 Å². The zero-order chi connectivity index (χ0) is 19.6. The van der Waals surface area contributed by atoms with Crippen LogP contribution in [-0.4, -0.2) is 20.5 Å². The maximum absolute atomic E-state index is 13.0. The number of H-pyrrole nitrogens is 1. The molecule has 1 atom stereocenters. The van der Waals surface area contributed by atoms with Crippen LogP contribution in [0.15, 0.2) is 90.0 Å². The molecule has 4 aromatic rings. The van der Waals surface area contributed by atoms with Gasteiger partial charge in [-0.1, -0.05) is 48.5 Å². The minimum Gasteiger partial charge on any atom is -0.497 e. The number of methoxy groups -OCH3 is 1. The van der Waals surface area contributed by atoms with Crippen LogP contribution in [0.5, 0.6) is 5.75 Å². The lowest BCUT2D eigenvalue weighted by Gasteiger charge is -2.20. The molecule has 0 amide bonds. The third-order valence-electron chi connectivity index (χ3n) is 4.69. The van der Waals surface area contributed by atoms with E-state index in [1.165, 1.54) is 0 Å². The molecule has 1 aromatic heterocycles. The number of nitrogens with one attached hydrogen (secondary N) is 2. The van der Waals surface area contributed by atoms with Crippen molar-refractivity contribution in [3.05, 3.63) is 96.2 Å². The highest BCUT2D eigenvalue weighted by Crippen LogP contribution is 2.32. The molecule has 0 fully saturated rings. The summed E-state index contributed by atoms with van der Waals surface area (Å²) in [6.07, 6.45) is 1.85. The molecule has 6 heteroatoms. The molecule has 142 valence electrons. The Hall–Kier alpha value is -3.09. The van der Waals surface area contributed by atoms with Gasteiger partial charge in [0.1, 0.15) is 5.75 Å². The fraction of sp³-hybridized carbons (Fsp3) is 0.0909. The molecule has 28 heavy (non-hydrogen) atoms. The van der Waals surface area contributed by atoms with Crippen molar-refractivity contribution in [2.75, 3.05) is 7.11 Å². The van der Waals surface area contributed by atoms with E-state index in [9.17, 15) is 8.42 Å². The zero-order valence-corrected chi connectivity index (χ0v) is 16.1. The number of aromatic amines is 1. The van der Waals surface area contributed by atoms with Gasteiger partial charge in [-0.25, -0.2) is 8.42 Å². The monoisotopic (exact) mass is 392 g/mol. The van der Waals surface area contributed by atoms with E-state index in [0.717, 1.165) is 22.0 Å². The fourth-order valence-electron chi connectivity index (χ4n) is 3.29. The van der Waals surface area contributed by atoms with Crippen molar-refractivity contribution in [3.8, 4) is 5.75 Å². The van der Waals surface area contributed by atoms with Crippen LogP contribution < -0.4 is 9.46 Å². The average molecular weight is 392 g/mol. The Bertz CT molecular complexity index is 1200. The molecule has 0 bridgehead atoms. The molecule has 3 aromatic carbocycles. The lowest BCUT2D eigenvalue weighted by atomic mass is 9.99. The van der Waals surface area contributed by atoms with Gasteiger partial charge in [-0.15, -0.1) is 0 Å². The first-order valence-electron chi connectivity index (χ1n) is 8.86. The van der Waals surface area contributed by atoms with Crippen LogP contribution in [0.4, 0.5) is 0 Å². The van der Waals surface area contributed by atoms with Gasteiger partial charge in [0.25, 0.3) is 0 Å². The van der Waals surface area contributed by atoms with Crippen molar-refractivity contribution in [2.45, 2.75) is 10.9 Å². The summed E-state index contributed by atoms with van der Waals surface area (Å²) in [7, 11) is -2.14. The molecule has 0 aliphatic heterocycles. The molecule has 0 aliphatic rings. The standard InChI is InChI=1S/C22H20N2O3S/c1-27-17-9-7-8-16(14-17)22(20-15-23-21-13-6-5-12-19(20)21)24-28(25,26)18-10-3-2-4-11-18/h2-15,22-24H,1H3/t22-/m1/s1. The highest BCUT2D eigenvalue weighted by molar-refractivity contribution is 7.89. The smallest absolute Gasteiger partial charge is 0.241 e. The van der Waals surface area contributed by atoms with E-state index in [1.807, 2.05) is 54.7 Å². The molecular formula is C22H20N2O3S. The lowest BCUT2D eigenvalue weighted by Crippen LogP contribution is -2.29. The summed E-state index contributed by atoms with van der Waals surface area (Å²) < 4.78 is 34.3. The van der Waals surface area contributed by atoms with E-state index in [0.29, 0.717) is 5.75 Å². The zero-order valence-electron chi connectivity index (χ0n) is 15.3. The molecule has 1 heterocycles. The van der Waals surface area contributed by atoms with Crippen molar-refractivity contribution in [3.63, 3.8) is 0 Å². The van der Waals surface area contributed by atoms with E-state index < -0.39 is 16.1 Å². The Morgan fingerprint density at radius 2 is 1.68 bits per heavy atom. The summed E-state index contributed by atoms with van der Waals surface area (Å²) in [6.45, 7) is 0. The second kappa shape index (κ2) is 7.50. The van der Waals surface area contributed by atoms with E-state index >= 15 is 0 Å². The highest BCUT2D eigenvalue weighted by atomic mass is 32.2. The number of sulfonamides is 1. The maximum Gasteiger partial charge on any atom is 0.241 e. The molecule has 4 rings (SSSR count). The van der Waals surface area contributed by atoms with Crippen LogP contribution in [0.2, 0.25) is 0 Å². The quantitative estimate of drug-likeness (QED) is 0.515. The van der Waals surface area contributed by atoms with Crippen LogP contribution in [0.3, 0.4) is 0 Å². The van der Waals surface area contributed by atoms with Crippen LogP contribution in [0.1, 0.15) is 17.2 Å². The Labute approximate surface area is 164 Å². The van der Waals surface area contributed by atoms with Crippen molar-refractivity contribution in [2.24, 2.45) is 0 Å². The topological polar surface area (TPSA) is 71.2 Å². The summed E-state index contributed by atoms with van der Waals surface area (Å²) in [6, 6.07) is 23.1. The number of fused-ring (bicyclic) bond motifs is 1. The number of ether oxygens (including phenoxy) is 1. The second-order valence-corrected chi connectivity index (χ2v) is 8.15. The number of benzene rings is 3. The summed E-state index contributed by atoms with van der Waals surface area (Å²) in [5, 5.41) is 0.964. The first-order chi connectivity index (χ1) is 13.6. The molecule has 0 saturated carbocycles. The number of hydrogen-bond acceptors (Lipinski definition) is 3. The molecule has 5 nitrogen and oxygen atoms in total. The predicted octanol–water partition coefficient (Wildman–Crippen LogP) is 4.24. The van der Waals surface area contributed by atoms with Gasteiger partial charge in [0, 0.05) is 17.1 Å². The van der Waals surface area contributed by atoms with Gasteiger partial charge in [0.15, 0.2) is 0 Å². The molecule has 0 aliphatic carbocycles. The Balaban J connectivity index is 1.84. The summed E-state index contributed by atoms with van der Waals surface area (Å²) in [4.78, 5) is 3.45. The van der Waals surface area contributed by atoms with E-state index in [4.69, 9.17) is 4.74 Å². The van der Waals surface area contributed by atoms with E-state index in [-0.39, 0.29) is 4.90 Å². The number of hydrogen-bond donors (Lipinski definition) is 2. The van der Waals surface area contributed by atoms with Crippen molar-refractivity contribution in [1.29, 1.82) is 0 Å². The van der Waals surface area contributed by atoms with Crippen LogP contribution >= 0.6 is 0 Å². The van der Waals surface area contributed by atoms with Gasteiger partial charge in [0.05, 0.1) is 18.0 Å². The largest absolute Gasteiger partial charge is 0.497 e. The third kappa shape index (κ3) is 3.52. The minimum absolute atomic E-state index is 0.225. The van der Waals surface area contributed by atoms with Gasteiger partial charge in [-0.3, -0.25) is 0 Å². The molecule has 0 spiro atoms. The van der Waals surface area contributed by atoms with Gasteiger partial charge in [-0.2, -0.15) is 4.72 Å². The minimum atomic E-state index is -3.73. The molecule has 0 saturated heterocycles. The molecular weight excluding hydrogens is 372 g/mol. The van der Waals surface area contributed by atoms with Crippen molar-refractivity contribution >= 4 is 20.9 Å². The lowest BCUT2D eigenvalue weighted by molar-refractivity contribution is 0.414. The normalized spacial score (nSPS) is 12.8. The molecule has 0 unspecified atom stereocenters. The summed E-state index contributed by atoms with van der Waals surface area (Å²) in [5.41, 5.74) is 2.59. The second-order valence-electron chi connectivity index (χ2n) is 6.43. The van der Waals surface area contributed by atoms with Gasteiger partial charge < -0.3 is 9.72 Å². The average Bonchev–Trinajstić information content (AvgIpc) is 3.17. The van der Waals surface area contributed by atoms with Gasteiger partial charge in [-0.05, 0) is 41.5 Å². The van der Waals surface area contributed by atoms with Crippen molar-refractivity contribution < 1.29 is 13.2 Å². The SMILES string of the molecule is COc1cccc([C@@H](NS(=O)(=O)c2ccccc2)c2c[nH]c3ccccc23)c1. The van der Waals surface area contributed by atoms with E-state index in [1.54, 1.807) is 37.4 Å². The third-order valence-corrected chi connectivity index (χ3v) is 6.12. The van der Waals surface area contributed by atoms with E-state index in [2.05, 4.69) is 9.71 Å². The molecule has 0 radical (unpaired) electrons. The number of aromatic nitrogens is 1. The Kier molecular flexibility index (Phi) is 4.90. The predicted molar refractivity (Wildman–Crippen MR) is 110 cm³/mol. The first kappa shape index (κ1) is 18.3. The van der Waals surface area contributed by atoms with Crippen molar-refractivity contribution in [1.82, 2.24) is 9.71 Å².